The molecule has 306 valence electrons. The van der Waals surface area contributed by atoms with Gasteiger partial charge in [-0.15, -0.1) is 5.11 Å². The van der Waals surface area contributed by atoms with Crippen LogP contribution in [0.5, 0.6) is 11.5 Å². The number of rotatable bonds is 18. The number of carbonyl (C=O) groups is 1. The Labute approximate surface area is 382 Å². The number of nitrogens with one attached hydrogen (secondary N) is 1. The highest BCUT2D eigenvalue weighted by Crippen LogP contribution is 2.40. The summed E-state index contributed by atoms with van der Waals surface area (Å²) in [5.74, 6) is 1.43. The van der Waals surface area contributed by atoms with Crippen LogP contribution in [0.25, 0.3) is 22.4 Å². The minimum Gasteiger partial charge on any atom is -0.491 e. The zero-order valence-electron chi connectivity index (χ0n) is 33.7. The van der Waals surface area contributed by atoms with Crippen molar-refractivity contribution in [2.75, 3.05) is 18.5 Å². The van der Waals surface area contributed by atoms with Gasteiger partial charge < -0.3 is 14.8 Å². The Morgan fingerprint density at radius 3 is 2.07 bits per heavy atom. The summed E-state index contributed by atoms with van der Waals surface area (Å²) < 4.78 is 15.3. The van der Waals surface area contributed by atoms with Crippen LogP contribution in [-0.2, 0) is 4.79 Å². The molecule has 0 aliphatic carbocycles. The van der Waals surface area contributed by atoms with Crippen LogP contribution in [-0.4, -0.2) is 19.1 Å². The Morgan fingerprint density at radius 1 is 0.650 bits per heavy atom. The van der Waals surface area contributed by atoms with E-state index in [-0.39, 0.29) is 5.91 Å². The van der Waals surface area contributed by atoms with Gasteiger partial charge in [0.15, 0.2) is 0 Å². The van der Waals surface area contributed by atoms with Crippen molar-refractivity contribution in [2.45, 2.75) is 65.2 Å². The summed E-state index contributed by atoms with van der Waals surface area (Å²) in [6.07, 6.45) is 10.9. The minimum absolute atomic E-state index is 0.0896. The number of nitrogens with zero attached hydrogens (tertiary/aromatic N) is 4. The second-order valence-electron chi connectivity index (χ2n) is 14.8. The van der Waals surface area contributed by atoms with Crippen molar-refractivity contribution < 1.29 is 14.3 Å². The quantitative estimate of drug-likeness (QED) is 0.0402. The minimum atomic E-state index is -0.0896. The number of carbonyl (C=O) groups excluding carboxylic acids is 1. The van der Waals surface area contributed by atoms with E-state index in [0.717, 1.165) is 111 Å². The van der Waals surface area contributed by atoms with E-state index in [1.807, 2.05) is 111 Å². The molecule has 1 heterocycles. The molecule has 0 atom stereocenters. The van der Waals surface area contributed by atoms with Gasteiger partial charge in [-0.1, -0.05) is 87.1 Å². The summed E-state index contributed by atoms with van der Waals surface area (Å²) >= 11 is 9.63. The molecule has 0 spiro atoms. The first kappa shape index (κ1) is 43.4. The van der Waals surface area contributed by atoms with E-state index >= 15 is 0 Å². The number of ether oxygens (including phenoxy) is 2. The number of hydrogen-bond donors (Lipinski definition) is 1. The lowest BCUT2D eigenvalue weighted by Gasteiger charge is -2.12. The average Bonchev–Trinajstić information content (AvgIpc) is 3.54. The van der Waals surface area contributed by atoms with Crippen LogP contribution in [0.3, 0.4) is 0 Å². The molecule has 1 aliphatic heterocycles. The van der Waals surface area contributed by atoms with E-state index in [2.05, 4.69) is 93.3 Å². The van der Waals surface area contributed by atoms with Gasteiger partial charge in [-0.2, -0.15) is 15.3 Å². The van der Waals surface area contributed by atoms with Gasteiger partial charge in [0.05, 0.1) is 39.2 Å². The second-order valence-corrected chi connectivity index (χ2v) is 17.8. The molecule has 0 saturated heterocycles. The maximum Gasteiger partial charge on any atom is 0.256 e. The third kappa shape index (κ3) is 11.3. The summed E-state index contributed by atoms with van der Waals surface area (Å²) in [6, 6.07) is 36.0. The largest absolute Gasteiger partial charge is 0.491 e. The predicted octanol–water partition coefficient (Wildman–Crippen LogP) is 16.5. The smallest absolute Gasteiger partial charge is 0.256 e. The van der Waals surface area contributed by atoms with Crippen LogP contribution >= 0.6 is 54.5 Å². The molecule has 1 aliphatic rings. The fourth-order valence-corrected chi connectivity index (χ4v) is 8.99. The van der Waals surface area contributed by atoms with E-state index < -0.39 is 0 Å². The van der Waals surface area contributed by atoms with Crippen molar-refractivity contribution in [1.29, 1.82) is 0 Å². The topological polar surface area (TPSA) is 97.0 Å². The summed E-state index contributed by atoms with van der Waals surface area (Å²) in [4.78, 5) is 12.7. The number of amides is 1. The Kier molecular flexibility index (Phi) is 15.3. The van der Waals surface area contributed by atoms with Crippen LogP contribution in [0.1, 0.15) is 73.6 Å². The zero-order chi connectivity index (χ0) is 41.8. The van der Waals surface area contributed by atoms with Gasteiger partial charge in [0.1, 0.15) is 17.2 Å². The van der Waals surface area contributed by atoms with Gasteiger partial charge in [0.25, 0.3) is 5.91 Å². The third-order valence-electron chi connectivity index (χ3n) is 10.3. The lowest BCUT2D eigenvalue weighted by Crippen LogP contribution is -2.03. The number of hydrogen-bond acceptors (Lipinski definition) is 7. The van der Waals surface area contributed by atoms with Crippen LogP contribution < -0.4 is 14.8 Å². The van der Waals surface area contributed by atoms with Gasteiger partial charge in [-0.05, 0) is 170 Å². The van der Waals surface area contributed by atoms with Crippen molar-refractivity contribution in [3.05, 3.63) is 144 Å². The highest BCUT2D eigenvalue weighted by Gasteiger charge is 2.24. The van der Waals surface area contributed by atoms with E-state index in [0.29, 0.717) is 18.8 Å². The van der Waals surface area contributed by atoms with Gasteiger partial charge in [-0.3, -0.25) is 4.79 Å². The summed E-state index contributed by atoms with van der Waals surface area (Å²) in [6.45, 7) is 5.31. The fraction of sp³-hybridized carbons (Fsp3) is 0.245. The standard InChI is InChI=1S/C49H46Br2IN5O3/c1-32-15-9-12-18-43(32)55-54-37-21-23-44(33(2)27-37)56-57-47-38-17-11-10-16-35(38)19-24-46(47)59-25-13-7-5-3-4-6-8-14-26-60-48-41(50)29-34(30-42(48)51)28-40-39-31-36(52)20-22-45(39)53-49(40)58/h9-12,15-24,27-31H,3-8,13-14,25-26H2,1-2H3,(H,53,58)/b40-28-,55-54?,57-56?. The molecule has 0 saturated carbocycles. The van der Waals surface area contributed by atoms with E-state index in [4.69, 9.17) is 14.6 Å². The molecule has 0 fully saturated rings. The molecule has 0 aromatic heterocycles. The predicted molar refractivity (Wildman–Crippen MR) is 260 cm³/mol. The molecular weight excluding hydrogens is 993 g/mol. The van der Waals surface area contributed by atoms with Crippen molar-refractivity contribution in [1.82, 2.24) is 0 Å². The second kappa shape index (κ2) is 21.2. The van der Waals surface area contributed by atoms with E-state index in [1.54, 1.807) is 0 Å². The molecule has 1 amide bonds. The lowest BCUT2D eigenvalue weighted by molar-refractivity contribution is -0.110. The normalized spacial score (nSPS) is 13.2. The SMILES string of the molecule is Cc1ccccc1N=Nc1ccc(N=Nc2c(OCCCCCCCCCCOc3c(Br)cc(/C=C4\C(=O)Nc5ccc(I)cc54)cc3Br)ccc3ccccc23)c(C)c1. The van der Waals surface area contributed by atoms with Crippen molar-refractivity contribution >= 4 is 111 Å². The van der Waals surface area contributed by atoms with Crippen LogP contribution in [0.4, 0.5) is 28.4 Å². The molecule has 6 aromatic carbocycles. The summed E-state index contributed by atoms with van der Waals surface area (Å²) in [7, 11) is 0. The molecule has 1 N–H and O–H groups in total. The lowest BCUT2D eigenvalue weighted by atomic mass is 10.0. The number of aryl methyl sites for hydroxylation is 2. The Bertz CT molecular complexity index is 2570. The molecule has 0 unspecified atom stereocenters. The zero-order valence-corrected chi connectivity index (χ0v) is 39.0. The Hall–Kier alpha value is -4.72. The number of azo groups is 2. The number of halogens is 3. The first-order valence-electron chi connectivity index (χ1n) is 20.3. The average molecular weight is 1040 g/mol. The van der Waals surface area contributed by atoms with E-state index in [9.17, 15) is 4.79 Å². The third-order valence-corrected chi connectivity index (χ3v) is 12.2. The van der Waals surface area contributed by atoms with Crippen molar-refractivity contribution in [3.63, 3.8) is 0 Å². The number of unbranched alkanes of at least 4 members (excludes halogenated alkanes) is 7. The van der Waals surface area contributed by atoms with Gasteiger partial charge in [0.2, 0.25) is 0 Å². The molecule has 11 heteroatoms. The van der Waals surface area contributed by atoms with Crippen molar-refractivity contribution in [2.24, 2.45) is 20.5 Å². The molecule has 8 nitrogen and oxygen atoms in total. The van der Waals surface area contributed by atoms with Crippen LogP contribution in [0.15, 0.2) is 139 Å². The summed E-state index contributed by atoms with van der Waals surface area (Å²) in [5, 5.41) is 23.3. The Balaban J connectivity index is 0.823. The van der Waals surface area contributed by atoms with Crippen molar-refractivity contribution in [3.8, 4) is 11.5 Å². The number of benzene rings is 6. The molecule has 7 rings (SSSR count). The highest BCUT2D eigenvalue weighted by atomic mass is 127. The fourth-order valence-electron chi connectivity index (χ4n) is 7.05. The van der Waals surface area contributed by atoms with Crippen LogP contribution in [0.2, 0.25) is 0 Å². The van der Waals surface area contributed by atoms with Gasteiger partial charge in [0, 0.05) is 25.8 Å². The molecular formula is C49H46Br2IN5O3. The van der Waals surface area contributed by atoms with Gasteiger partial charge >= 0.3 is 0 Å². The number of anilines is 1. The maximum atomic E-state index is 12.7. The number of fused-ring (bicyclic) bond motifs is 2. The first-order chi connectivity index (χ1) is 29.2. The highest BCUT2D eigenvalue weighted by molar-refractivity contribution is 14.1. The van der Waals surface area contributed by atoms with Gasteiger partial charge in [-0.25, -0.2) is 0 Å². The summed E-state index contributed by atoms with van der Waals surface area (Å²) in [5.41, 5.74) is 8.53. The molecule has 6 aromatic rings. The maximum absolute atomic E-state index is 12.7. The van der Waals surface area contributed by atoms with Crippen LogP contribution in [0, 0.1) is 17.4 Å². The van der Waals surface area contributed by atoms with E-state index in [1.165, 1.54) is 25.7 Å². The first-order valence-corrected chi connectivity index (χ1v) is 23.0. The monoisotopic (exact) mass is 1040 g/mol. The Morgan fingerprint density at radius 2 is 1.32 bits per heavy atom. The molecule has 0 radical (unpaired) electrons. The molecule has 0 bridgehead atoms. The molecule has 60 heavy (non-hydrogen) atoms.